The molecule has 5 rings (SSSR count). The van der Waals surface area contributed by atoms with E-state index in [0.717, 1.165) is 44.6 Å². The zero-order chi connectivity index (χ0) is 30.0. The second kappa shape index (κ2) is 12.8. The number of amides is 1. The number of hydrogen-bond acceptors (Lipinski definition) is 7. The number of ether oxygens (including phenoxy) is 3. The van der Waals surface area contributed by atoms with Crippen molar-refractivity contribution in [2.24, 2.45) is 5.92 Å². The van der Waals surface area contributed by atoms with Gasteiger partial charge in [-0.1, -0.05) is 55.3 Å². The molecule has 0 radical (unpaired) electrons. The van der Waals surface area contributed by atoms with Crippen molar-refractivity contribution in [2.75, 3.05) is 26.6 Å². The number of thiazole rings is 1. The summed E-state index contributed by atoms with van der Waals surface area (Å²) in [6.45, 7) is 3.91. The zero-order valence-corrected chi connectivity index (χ0v) is 26.2. The van der Waals surface area contributed by atoms with Crippen molar-refractivity contribution in [3.63, 3.8) is 0 Å². The van der Waals surface area contributed by atoms with Crippen LogP contribution in [0.3, 0.4) is 0 Å². The highest BCUT2D eigenvalue weighted by atomic mass is 35.5. The Bertz CT molecular complexity index is 1640. The fourth-order valence-electron chi connectivity index (χ4n) is 5.98. The Kier molecular flexibility index (Phi) is 9.08. The molecule has 1 aliphatic rings. The molecule has 0 spiro atoms. The van der Waals surface area contributed by atoms with Gasteiger partial charge >= 0.3 is 5.97 Å². The molecule has 4 aromatic rings. The molecule has 1 amide bonds. The first-order valence-electron chi connectivity index (χ1n) is 14.1. The van der Waals surface area contributed by atoms with Crippen LogP contribution < -0.4 is 14.8 Å². The highest BCUT2D eigenvalue weighted by Gasteiger charge is 2.25. The van der Waals surface area contributed by atoms with E-state index in [-0.39, 0.29) is 12.5 Å². The number of aromatic nitrogens is 2. The zero-order valence-electron chi connectivity index (χ0n) is 24.6. The van der Waals surface area contributed by atoms with E-state index < -0.39 is 5.97 Å². The molecule has 0 bridgehead atoms. The van der Waals surface area contributed by atoms with Crippen molar-refractivity contribution in [1.29, 1.82) is 0 Å². The van der Waals surface area contributed by atoms with Gasteiger partial charge in [-0.15, -0.1) is 11.3 Å². The Morgan fingerprint density at radius 1 is 1.02 bits per heavy atom. The molecular formula is C32H36ClN3O5S. The number of fused-ring (bicyclic) bond motifs is 1. The molecule has 0 atom stereocenters. The van der Waals surface area contributed by atoms with Crippen LogP contribution in [0.4, 0.5) is 5.13 Å². The van der Waals surface area contributed by atoms with Gasteiger partial charge < -0.3 is 18.8 Å². The smallest absolute Gasteiger partial charge is 0.325 e. The first-order valence-corrected chi connectivity index (χ1v) is 15.3. The standard InChI is InChI=1S/C32H36ClN3O5S/c1-18-11-19(2)30-21(12-18)14-24(36(30)17-28(37)41-5)31(38)35-32-34-29(27(42-32)13-20-9-7-6-8-10-20)22-15-26(40-4)23(33)16-25(22)39-3/h11-12,14-16,20H,6-10,13,17H2,1-5H3,(H,34,35,38). The van der Waals surface area contributed by atoms with Crippen LogP contribution in [0.5, 0.6) is 11.5 Å². The predicted molar refractivity (Wildman–Crippen MR) is 167 cm³/mol. The molecule has 2 aromatic heterocycles. The summed E-state index contributed by atoms with van der Waals surface area (Å²) >= 11 is 7.88. The number of halogens is 1. The lowest BCUT2D eigenvalue weighted by Crippen LogP contribution is -2.20. The molecule has 8 nitrogen and oxygen atoms in total. The number of methoxy groups -OCH3 is 3. The summed E-state index contributed by atoms with van der Waals surface area (Å²) in [5, 5.41) is 4.83. The number of nitrogens with one attached hydrogen (secondary N) is 1. The Labute approximate surface area is 254 Å². The lowest BCUT2D eigenvalue weighted by Gasteiger charge is -2.21. The molecule has 1 N–H and O–H groups in total. The number of rotatable bonds is 9. The number of nitrogens with zero attached hydrogens (tertiary/aromatic N) is 2. The molecule has 0 saturated heterocycles. The van der Waals surface area contributed by atoms with Crippen molar-refractivity contribution >= 4 is 50.8 Å². The van der Waals surface area contributed by atoms with Gasteiger partial charge in [-0.3, -0.25) is 14.9 Å². The maximum atomic E-state index is 13.8. The summed E-state index contributed by atoms with van der Waals surface area (Å²) in [5.74, 6) is 0.870. The molecule has 0 unspecified atom stereocenters. The van der Waals surface area contributed by atoms with Gasteiger partial charge in [0.2, 0.25) is 0 Å². The topological polar surface area (TPSA) is 91.7 Å². The van der Waals surface area contributed by atoms with Crippen LogP contribution in [0, 0.1) is 19.8 Å². The van der Waals surface area contributed by atoms with Crippen molar-refractivity contribution in [3.05, 3.63) is 57.1 Å². The molecule has 222 valence electrons. The Morgan fingerprint density at radius 2 is 1.76 bits per heavy atom. The largest absolute Gasteiger partial charge is 0.496 e. The molecule has 1 fully saturated rings. The Balaban J connectivity index is 1.56. The van der Waals surface area contributed by atoms with Gasteiger partial charge in [0.05, 0.1) is 37.6 Å². The van der Waals surface area contributed by atoms with E-state index in [1.807, 2.05) is 38.1 Å². The maximum Gasteiger partial charge on any atom is 0.325 e. The van der Waals surface area contributed by atoms with Crippen LogP contribution in [-0.2, 0) is 22.5 Å². The number of benzene rings is 2. The summed E-state index contributed by atoms with van der Waals surface area (Å²) in [5.41, 5.74) is 4.74. The first kappa shape index (κ1) is 29.9. The Morgan fingerprint density at radius 3 is 2.45 bits per heavy atom. The van der Waals surface area contributed by atoms with E-state index in [0.29, 0.717) is 33.3 Å². The van der Waals surface area contributed by atoms with Crippen LogP contribution in [0.2, 0.25) is 5.02 Å². The number of anilines is 1. The third-order valence-corrected chi connectivity index (χ3v) is 9.21. The monoisotopic (exact) mass is 609 g/mol. The van der Waals surface area contributed by atoms with E-state index >= 15 is 0 Å². The summed E-state index contributed by atoms with van der Waals surface area (Å²) in [6.07, 6.45) is 6.93. The third kappa shape index (κ3) is 6.13. The fraction of sp³-hybridized carbons (Fsp3) is 0.406. The summed E-state index contributed by atoms with van der Waals surface area (Å²) in [4.78, 5) is 32.1. The molecular weight excluding hydrogens is 574 g/mol. The minimum Gasteiger partial charge on any atom is -0.496 e. The van der Waals surface area contributed by atoms with Crippen LogP contribution >= 0.6 is 22.9 Å². The minimum absolute atomic E-state index is 0.0789. The van der Waals surface area contributed by atoms with E-state index in [2.05, 4.69) is 5.32 Å². The quantitative estimate of drug-likeness (QED) is 0.196. The molecule has 1 saturated carbocycles. The second-order valence-corrected chi connectivity index (χ2v) is 12.3. The maximum absolute atomic E-state index is 13.8. The number of hydrogen-bond donors (Lipinski definition) is 1. The minimum atomic E-state index is -0.434. The van der Waals surface area contributed by atoms with Gasteiger partial charge in [0.15, 0.2) is 5.13 Å². The summed E-state index contributed by atoms with van der Waals surface area (Å²) < 4.78 is 17.9. The van der Waals surface area contributed by atoms with Crippen molar-refractivity contribution in [1.82, 2.24) is 9.55 Å². The fourth-order valence-corrected chi connectivity index (χ4v) is 7.29. The van der Waals surface area contributed by atoms with Crippen molar-refractivity contribution in [3.8, 4) is 22.8 Å². The second-order valence-electron chi connectivity index (χ2n) is 10.9. The summed E-state index contributed by atoms with van der Waals surface area (Å²) in [7, 11) is 4.51. The number of aryl methyl sites for hydroxylation is 2. The van der Waals surface area contributed by atoms with Crippen LogP contribution in [0.25, 0.3) is 22.2 Å². The lowest BCUT2D eigenvalue weighted by molar-refractivity contribution is -0.141. The van der Waals surface area contributed by atoms with Crippen LogP contribution in [-0.4, -0.2) is 42.8 Å². The molecule has 42 heavy (non-hydrogen) atoms. The number of carbonyl (C=O) groups is 2. The molecule has 0 aliphatic heterocycles. The van der Waals surface area contributed by atoms with E-state index in [9.17, 15) is 9.59 Å². The average molecular weight is 610 g/mol. The predicted octanol–water partition coefficient (Wildman–Crippen LogP) is 7.60. The van der Waals surface area contributed by atoms with E-state index in [4.69, 9.17) is 30.8 Å². The van der Waals surface area contributed by atoms with Gasteiger partial charge in [-0.25, -0.2) is 4.98 Å². The van der Waals surface area contributed by atoms with Gasteiger partial charge in [0, 0.05) is 21.9 Å². The average Bonchev–Trinajstić information content (AvgIpc) is 3.53. The van der Waals surface area contributed by atoms with Gasteiger partial charge in [0.1, 0.15) is 23.7 Å². The number of esters is 1. The molecule has 2 heterocycles. The first-order chi connectivity index (χ1) is 20.2. The molecule has 2 aromatic carbocycles. The van der Waals surface area contributed by atoms with Gasteiger partial charge in [-0.2, -0.15) is 0 Å². The Hall–Kier alpha value is -3.56. The van der Waals surface area contributed by atoms with Crippen molar-refractivity contribution < 1.29 is 23.8 Å². The van der Waals surface area contributed by atoms with Crippen molar-refractivity contribution in [2.45, 2.75) is 58.9 Å². The third-order valence-electron chi connectivity index (χ3n) is 7.92. The van der Waals surface area contributed by atoms with Crippen LogP contribution in [0.15, 0.2) is 30.3 Å². The highest BCUT2D eigenvalue weighted by Crippen LogP contribution is 2.43. The lowest BCUT2D eigenvalue weighted by atomic mass is 9.86. The van der Waals surface area contributed by atoms with Gasteiger partial charge in [0.25, 0.3) is 5.91 Å². The van der Waals surface area contributed by atoms with Crippen LogP contribution in [0.1, 0.15) is 58.6 Å². The van der Waals surface area contributed by atoms with E-state index in [1.165, 1.54) is 50.6 Å². The number of carbonyl (C=O) groups excluding carboxylic acids is 2. The van der Waals surface area contributed by atoms with E-state index in [1.54, 1.807) is 24.9 Å². The summed E-state index contributed by atoms with van der Waals surface area (Å²) in [6, 6.07) is 9.43. The normalized spacial score (nSPS) is 13.8. The SMILES string of the molecule is COC(=O)Cn1c(C(=O)Nc2nc(-c3cc(OC)c(Cl)cc3OC)c(CC3CCCCC3)s2)cc2cc(C)cc(C)c21. The highest BCUT2D eigenvalue weighted by molar-refractivity contribution is 7.16. The molecule has 1 aliphatic carbocycles. The van der Waals surface area contributed by atoms with Gasteiger partial charge in [-0.05, 0) is 49.9 Å². The molecule has 10 heteroatoms.